The quantitative estimate of drug-likeness (QED) is 0.773. The van der Waals surface area contributed by atoms with Crippen LogP contribution in [-0.2, 0) is 11.3 Å². The molecule has 0 atom stereocenters. The molecule has 0 aromatic carbocycles. The highest BCUT2D eigenvalue weighted by atomic mass is 16.5. The molecule has 2 rings (SSSR count). The molecule has 1 saturated heterocycles. The van der Waals surface area contributed by atoms with E-state index in [1.54, 1.807) is 0 Å². The molecule has 2 N–H and O–H groups in total. The minimum absolute atomic E-state index is 0.316. The average molecular weight is 195 g/mol. The molecule has 4 heteroatoms. The number of aromatic nitrogens is 2. The minimum atomic E-state index is 0.316. The second kappa shape index (κ2) is 3.61. The van der Waals surface area contributed by atoms with Gasteiger partial charge in [0.15, 0.2) is 0 Å². The first kappa shape index (κ1) is 9.52. The summed E-state index contributed by atoms with van der Waals surface area (Å²) in [6.07, 6.45) is 4.15. The van der Waals surface area contributed by atoms with E-state index in [1.165, 1.54) is 0 Å². The monoisotopic (exact) mass is 195 g/mol. The Morgan fingerprint density at radius 3 is 2.86 bits per heavy atom. The Morgan fingerprint density at radius 2 is 2.29 bits per heavy atom. The Hall–Kier alpha value is -1.03. The fraction of sp³-hybridized carbons (Fsp3) is 0.700. The van der Waals surface area contributed by atoms with Gasteiger partial charge in [0.1, 0.15) is 5.82 Å². The Bertz CT molecular complexity index is 302. The van der Waals surface area contributed by atoms with Crippen LogP contribution >= 0.6 is 0 Å². The van der Waals surface area contributed by atoms with Gasteiger partial charge in [-0.3, -0.25) is 4.68 Å². The van der Waals surface area contributed by atoms with Crippen LogP contribution in [-0.4, -0.2) is 23.0 Å². The van der Waals surface area contributed by atoms with Crippen LogP contribution in [0, 0.1) is 5.41 Å². The first-order valence-corrected chi connectivity index (χ1v) is 5.05. The van der Waals surface area contributed by atoms with Crippen molar-refractivity contribution in [2.45, 2.75) is 26.3 Å². The Morgan fingerprint density at radius 1 is 1.57 bits per heavy atom. The molecule has 0 radical (unpaired) electrons. The minimum Gasteiger partial charge on any atom is -0.382 e. The number of ether oxygens (including phenoxy) is 1. The van der Waals surface area contributed by atoms with Gasteiger partial charge in [0, 0.05) is 26.0 Å². The highest BCUT2D eigenvalue weighted by Gasteiger charge is 2.27. The molecule has 0 spiro atoms. The molecule has 0 amide bonds. The second-order valence-electron chi connectivity index (χ2n) is 4.36. The molecule has 1 fully saturated rings. The molecule has 1 aromatic rings. The third-order valence-electron chi connectivity index (χ3n) is 2.90. The average Bonchev–Trinajstić information content (AvgIpc) is 2.51. The van der Waals surface area contributed by atoms with Gasteiger partial charge in [-0.1, -0.05) is 6.92 Å². The largest absolute Gasteiger partial charge is 0.382 e. The topological polar surface area (TPSA) is 53.1 Å². The van der Waals surface area contributed by atoms with Gasteiger partial charge in [-0.05, 0) is 24.3 Å². The lowest BCUT2D eigenvalue weighted by atomic mass is 9.82. The highest BCUT2D eigenvalue weighted by Crippen LogP contribution is 2.31. The van der Waals surface area contributed by atoms with Crippen LogP contribution < -0.4 is 5.73 Å². The molecular formula is C10H17N3O. The van der Waals surface area contributed by atoms with Gasteiger partial charge in [-0.2, -0.15) is 5.10 Å². The van der Waals surface area contributed by atoms with Crippen LogP contribution in [0.15, 0.2) is 12.3 Å². The molecule has 0 bridgehead atoms. The summed E-state index contributed by atoms with van der Waals surface area (Å²) in [4.78, 5) is 0. The molecule has 1 aliphatic heterocycles. The smallest absolute Gasteiger partial charge is 0.145 e. The van der Waals surface area contributed by atoms with Crippen molar-refractivity contribution < 1.29 is 4.74 Å². The van der Waals surface area contributed by atoms with Crippen LogP contribution in [0.1, 0.15) is 19.8 Å². The number of nitrogens with zero attached hydrogens (tertiary/aromatic N) is 2. The van der Waals surface area contributed by atoms with Gasteiger partial charge >= 0.3 is 0 Å². The molecule has 2 heterocycles. The van der Waals surface area contributed by atoms with E-state index in [-0.39, 0.29) is 0 Å². The van der Waals surface area contributed by atoms with Crippen molar-refractivity contribution in [3.8, 4) is 0 Å². The number of nitrogen functional groups attached to an aromatic ring is 1. The highest BCUT2D eigenvalue weighted by molar-refractivity contribution is 5.23. The van der Waals surface area contributed by atoms with Crippen molar-refractivity contribution in [3.63, 3.8) is 0 Å². The summed E-state index contributed by atoms with van der Waals surface area (Å²) in [5.74, 6) is 0.598. The number of nitrogens with two attached hydrogens (primary N) is 1. The van der Waals surface area contributed by atoms with E-state index in [2.05, 4.69) is 12.0 Å². The second-order valence-corrected chi connectivity index (χ2v) is 4.36. The molecule has 78 valence electrons. The van der Waals surface area contributed by atoms with Crippen molar-refractivity contribution in [2.75, 3.05) is 18.9 Å². The van der Waals surface area contributed by atoms with E-state index in [0.29, 0.717) is 11.2 Å². The Labute approximate surface area is 84.0 Å². The molecule has 1 aromatic heterocycles. The van der Waals surface area contributed by atoms with E-state index in [0.717, 1.165) is 32.6 Å². The molecule has 0 aliphatic carbocycles. The number of anilines is 1. The van der Waals surface area contributed by atoms with E-state index >= 15 is 0 Å². The van der Waals surface area contributed by atoms with Gasteiger partial charge in [-0.25, -0.2) is 0 Å². The van der Waals surface area contributed by atoms with Gasteiger partial charge in [0.25, 0.3) is 0 Å². The lowest BCUT2D eigenvalue weighted by Gasteiger charge is -2.33. The summed E-state index contributed by atoms with van der Waals surface area (Å²) in [7, 11) is 0. The normalized spacial score (nSPS) is 20.9. The summed E-state index contributed by atoms with van der Waals surface area (Å²) in [5.41, 5.74) is 5.89. The zero-order valence-corrected chi connectivity index (χ0v) is 8.57. The summed E-state index contributed by atoms with van der Waals surface area (Å²) in [6.45, 7) is 4.96. The van der Waals surface area contributed by atoms with Crippen LogP contribution in [0.5, 0.6) is 0 Å². The third-order valence-corrected chi connectivity index (χ3v) is 2.90. The SMILES string of the molecule is CC1(Cn2ccc(N)n2)CCOCC1. The van der Waals surface area contributed by atoms with Crippen LogP contribution in [0.25, 0.3) is 0 Å². The lowest BCUT2D eigenvalue weighted by Crippen LogP contribution is -2.31. The molecule has 0 saturated carbocycles. The van der Waals surface area contributed by atoms with Crippen LogP contribution in [0.4, 0.5) is 5.82 Å². The Kier molecular flexibility index (Phi) is 2.46. The fourth-order valence-electron chi connectivity index (χ4n) is 1.88. The summed E-state index contributed by atoms with van der Waals surface area (Å²) < 4.78 is 7.28. The zero-order chi connectivity index (χ0) is 10.0. The molecule has 0 unspecified atom stereocenters. The maximum Gasteiger partial charge on any atom is 0.145 e. The molecule has 4 nitrogen and oxygen atoms in total. The maximum absolute atomic E-state index is 5.57. The molecule has 14 heavy (non-hydrogen) atoms. The zero-order valence-electron chi connectivity index (χ0n) is 8.57. The predicted octanol–water partition coefficient (Wildman–Crippen LogP) is 1.28. The first-order chi connectivity index (χ1) is 6.68. The first-order valence-electron chi connectivity index (χ1n) is 5.05. The summed E-state index contributed by atoms with van der Waals surface area (Å²) in [6, 6.07) is 1.84. The third kappa shape index (κ3) is 2.07. The van der Waals surface area contributed by atoms with Crippen molar-refractivity contribution >= 4 is 5.82 Å². The molecular weight excluding hydrogens is 178 g/mol. The van der Waals surface area contributed by atoms with Crippen molar-refractivity contribution in [1.82, 2.24) is 9.78 Å². The van der Waals surface area contributed by atoms with Gasteiger partial charge in [0.2, 0.25) is 0 Å². The van der Waals surface area contributed by atoms with Crippen LogP contribution in [0.2, 0.25) is 0 Å². The number of rotatable bonds is 2. The Balaban J connectivity index is 2.01. The maximum atomic E-state index is 5.57. The molecule has 1 aliphatic rings. The van der Waals surface area contributed by atoms with Gasteiger partial charge < -0.3 is 10.5 Å². The van der Waals surface area contributed by atoms with Gasteiger partial charge in [0.05, 0.1) is 0 Å². The summed E-state index contributed by atoms with van der Waals surface area (Å²) in [5, 5.41) is 4.20. The number of hydrogen-bond donors (Lipinski definition) is 1. The van der Waals surface area contributed by atoms with E-state index in [4.69, 9.17) is 10.5 Å². The van der Waals surface area contributed by atoms with Crippen LogP contribution in [0.3, 0.4) is 0 Å². The lowest BCUT2D eigenvalue weighted by molar-refractivity contribution is 0.0139. The van der Waals surface area contributed by atoms with E-state index in [9.17, 15) is 0 Å². The predicted molar refractivity (Wildman–Crippen MR) is 54.8 cm³/mol. The fourth-order valence-corrected chi connectivity index (χ4v) is 1.88. The van der Waals surface area contributed by atoms with Crippen molar-refractivity contribution in [2.24, 2.45) is 5.41 Å². The van der Waals surface area contributed by atoms with Gasteiger partial charge in [-0.15, -0.1) is 0 Å². The summed E-state index contributed by atoms with van der Waals surface area (Å²) >= 11 is 0. The van der Waals surface area contributed by atoms with E-state index in [1.807, 2.05) is 16.9 Å². The van der Waals surface area contributed by atoms with E-state index < -0.39 is 0 Å². The standard InChI is InChI=1S/C10H17N3O/c1-10(3-6-14-7-4-10)8-13-5-2-9(11)12-13/h2,5H,3-4,6-8H2,1H3,(H2,11,12). The number of hydrogen-bond acceptors (Lipinski definition) is 3. The van der Waals surface area contributed by atoms with Crippen molar-refractivity contribution in [1.29, 1.82) is 0 Å². The van der Waals surface area contributed by atoms with Crippen molar-refractivity contribution in [3.05, 3.63) is 12.3 Å².